The molecule has 2 aliphatic rings. The van der Waals surface area contributed by atoms with Crippen LogP contribution in [0.1, 0.15) is 28.3 Å². The molecule has 3 aromatic carbocycles. The van der Waals surface area contributed by atoms with Gasteiger partial charge < -0.3 is 24.2 Å². The predicted octanol–water partition coefficient (Wildman–Crippen LogP) is 4.34. The average Bonchev–Trinajstić information content (AvgIpc) is 3.25. The maximum Gasteiger partial charge on any atom is 0.295 e. The zero-order valence-electron chi connectivity index (χ0n) is 22.8. The van der Waals surface area contributed by atoms with Crippen LogP contribution in [0.15, 0.2) is 78.4 Å². The molecule has 8 heteroatoms. The van der Waals surface area contributed by atoms with E-state index in [9.17, 15) is 14.7 Å². The van der Waals surface area contributed by atoms with E-state index in [1.165, 1.54) is 0 Å². The topological polar surface area (TPSA) is 88.5 Å². The van der Waals surface area contributed by atoms with Crippen molar-refractivity contribution in [3.63, 3.8) is 0 Å². The molecule has 1 N–H and O–H groups in total. The highest BCUT2D eigenvalue weighted by molar-refractivity contribution is 6.46. The van der Waals surface area contributed by atoms with Gasteiger partial charge in [0.15, 0.2) is 0 Å². The van der Waals surface area contributed by atoms with E-state index in [2.05, 4.69) is 4.90 Å². The van der Waals surface area contributed by atoms with Gasteiger partial charge in [-0.05, 0) is 60.0 Å². The number of nitrogens with zero attached hydrogens (tertiary/aromatic N) is 2. The second-order valence-electron chi connectivity index (χ2n) is 9.96. The lowest BCUT2D eigenvalue weighted by atomic mass is 9.95. The van der Waals surface area contributed by atoms with Gasteiger partial charge in [0.2, 0.25) is 0 Å². The lowest BCUT2D eigenvalue weighted by molar-refractivity contribution is -0.140. The molecule has 2 fully saturated rings. The number of methoxy groups -OCH3 is 1. The van der Waals surface area contributed by atoms with Gasteiger partial charge in [-0.3, -0.25) is 14.5 Å². The second-order valence-corrected chi connectivity index (χ2v) is 9.96. The third-order valence-corrected chi connectivity index (χ3v) is 7.52. The van der Waals surface area contributed by atoms with E-state index in [0.29, 0.717) is 50.0 Å². The first kappa shape index (κ1) is 27.4. The minimum absolute atomic E-state index is 0.0747. The molecule has 1 atom stereocenters. The van der Waals surface area contributed by atoms with Gasteiger partial charge in [0.1, 0.15) is 23.9 Å². The molecule has 5 rings (SSSR count). The minimum atomic E-state index is -0.719. The molecule has 0 bridgehead atoms. The molecule has 2 aliphatic heterocycles. The summed E-state index contributed by atoms with van der Waals surface area (Å²) in [5.41, 5.74) is 3.47. The van der Waals surface area contributed by atoms with E-state index in [0.717, 1.165) is 29.8 Å². The summed E-state index contributed by atoms with van der Waals surface area (Å²) in [6.07, 6.45) is 0. The largest absolute Gasteiger partial charge is 0.507 e. The van der Waals surface area contributed by atoms with Crippen molar-refractivity contribution in [1.82, 2.24) is 9.80 Å². The number of carbonyl (C=O) groups excluding carboxylic acids is 2. The van der Waals surface area contributed by atoms with Crippen LogP contribution in [0, 0.1) is 6.92 Å². The molecule has 8 nitrogen and oxygen atoms in total. The van der Waals surface area contributed by atoms with Crippen molar-refractivity contribution >= 4 is 17.4 Å². The normalized spacial score (nSPS) is 19.1. The number of aliphatic hydroxyl groups excluding tert-OH is 1. The van der Waals surface area contributed by atoms with E-state index < -0.39 is 17.7 Å². The molecule has 0 saturated carbocycles. The summed E-state index contributed by atoms with van der Waals surface area (Å²) in [4.78, 5) is 30.4. The Hall–Kier alpha value is -4.14. The minimum Gasteiger partial charge on any atom is -0.507 e. The number of aryl methyl sites for hydroxylation is 1. The Morgan fingerprint density at radius 1 is 0.925 bits per heavy atom. The van der Waals surface area contributed by atoms with Crippen LogP contribution in [0.25, 0.3) is 5.76 Å². The molecular formula is C32H34N2O6. The molecule has 0 radical (unpaired) electrons. The van der Waals surface area contributed by atoms with Crippen LogP contribution in [-0.4, -0.2) is 73.1 Å². The standard InChI is InChI=1S/C32H34N2O6/c1-22-5-3-4-6-25(22)21-40-27-13-9-24(10-14-27)30(35)28-29(23-7-11-26(38-2)12-8-23)34(32(37)31(28)36)16-15-33-17-19-39-20-18-33/h3-14,29,35H,15-21H2,1-2H3. The monoisotopic (exact) mass is 542 g/mol. The summed E-state index contributed by atoms with van der Waals surface area (Å²) in [5.74, 6) is -0.222. The Kier molecular flexibility index (Phi) is 8.48. The fourth-order valence-electron chi connectivity index (χ4n) is 5.11. The number of carbonyl (C=O) groups is 2. The third-order valence-electron chi connectivity index (χ3n) is 7.52. The van der Waals surface area contributed by atoms with Gasteiger partial charge in [-0.25, -0.2) is 0 Å². The summed E-state index contributed by atoms with van der Waals surface area (Å²) < 4.78 is 16.7. The van der Waals surface area contributed by atoms with Crippen molar-refractivity contribution in [2.24, 2.45) is 0 Å². The first-order valence-electron chi connectivity index (χ1n) is 13.5. The number of rotatable bonds is 9. The molecule has 1 amide bonds. The van der Waals surface area contributed by atoms with Crippen LogP contribution in [0.3, 0.4) is 0 Å². The van der Waals surface area contributed by atoms with E-state index in [1.807, 2.05) is 43.3 Å². The number of hydrogen-bond acceptors (Lipinski definition) is 7. The van der Waals surface area contributed by atoms with E-state index in [1.54, 1.807) is 48.4 Å². The van der Waals surface area contributed by atoms with Gasteiger partial charge in [0, 0.05) is 31.7 Å². The van der Waals surface area contributed by atoms with E-state index in [4.69, 9.17) is 14.2 Å². The SMILES string of the molecule is COc1ccc(C2C(=C(O)c3ccc(OCc4ccccc4C)cc3)C(=O)C(=O)N2CCN2CCOCC2)cc1. The second kappa shape index (κ2) is 12.4. The Morgan fingerprint density at radius 3 is 2.27 bits per heavy atom. The molecule has 2 saturated heterocycles. The summed E-state index contributed by atoms with van der Waals surface area (Å²) >= 11 is 0. The van der Waals surface area contributed by atoms with Gasteiger partial charge >= 0.3 is 0 Å². The molecular weight excluding hydrogens is 508 g/mol. The van der Waals surface area contributed by atoms with Crippen molar-refractivity contribution in [2.75, 3.05) is 46.5 Å². The van der Waals surface area contributed by atoms with Crippen LogP contribution in [0.2, 0.25) is 0 Å². The Balaban J connectivity index is 1.42. The average molecular weight is 543 g/mol. The molecule has 3 aromatic rings. The zero-order valence-corrected chi connectivity index (χ0v) is 22.8. The third kappa shape index (κ3) is 5.88. The Morgan fingerprint density at radius 2 is 1.60 bits per heavy atom. The summed E-state index contributed by atoms with van der Waals surface area (Å²) in [7, 11) is 1.58. The number of likely N-dealkylation sites (tertiary alicyclic amines) is 1. The highest BCUT2D eigenvalue weighted by Crippen LogP contribution is 2.40. The van der Waals surface area contributed by atoms with Crippen LogP contribution >= 0.6 is 0 Å². The predicted molar refractivity (Wildman–Crippen MR) is 151 cm³/mol. The van der Waals surface area contributed by atoms with Crippen molar-refractivity contribution in [3.05, 3.63) is 101 Å². The highest BCUT2D eigenvalue weighted by Gasteiger charge is 2.46. The fraction of sp³-hybridized carbons (Fsp3) is 0.312. The van der Waals surface area contributed by atoms with Gasteiger partial charge in [0.25, 0.3) is 11.7 Å². The first-order valence-corrected chi connectivity index (χ1v) is 13.5. The molecule has 2 heterocycles. The number of ether oxygens (including phenoxy) is 3. The molecule has 1 unspecified atom stereocenters. The van der Waals surface area contributed by atoms with Crippen molar-refractivity contribution < 1.29 is 28.9 Å². The van der Waals surface area contributed by atoms with Crippen molar-refractivity contribution in [2.45, 2.75) is 19.6 Å². The number of aliphatic hydroxyl groups is 1. The van der Waals surface area contributed by atoms with Crippen LogP contribution < -0.4 is 9.47 Å². The van der Waals surface area contributed by atoms with Crippen LogP contribution in [0.4, 0.5) is 0 Å². The lowest BCUT2D eigenvalue weighted by Gasteiger charge is -2.31. The number of morpholine rings is 1. The molecule has 0 spiro atoms. The number of ketones is 1. The van der Waals surface area contributed by atoms with Crippen LogP contribution in [-0.2, 0) is 20.9 Å². The van der Waals surface area contributed by atoms with E-state index >= 15 is 0 Å². The highest BCUT2D eigenvalue weighted by atomic mass is 16.5. The number of amides is 1. The van der Waals surface area contributed by atoms with Crippen molar-refractivity contribution in [3.8, 4) is 11.5 Å². The number of Topliss-reactive ketones (excluding diaryl/α,β-unsaturated/α-hetero) is 1. The molecule has 0 aliphatic carbocycles. The van der Waals surface area contributed by atoms with Gasteiger partial charge in [-0.1, -0.05) is 36.4 Å². The molecule has 40 heavy (non-hydrogen) atoms. The van der Waals surface area contributed by atoms with Gasteiger partial charge in [-0.2, -0.15) is 0 Å². The Labute approximate surface area is 234 Å². The maximum atomic E-state index is 13.4. The van der Waals surface area contributed by atoms with Crippen molar-refractivity contribution in [1.29, 1.82) is 0 Å². The molecule has 208 valence electrons. The summed E-state index contributed by atoms with van der Waals surface area (Å²) in [6.45, 7) is 6.25. The summed E-state index contributed by atoms with van der Waals surface area (Å²) in [6, 6.07) is 21.4. The summed E-state index contributed by atoms with van der Waals surface area (Å²) in [5, 5.41) is 11.4. The van der Waals surface area contributed by atoms with Gasteiger partial charge in [-0.15, -0.1) is 0 Å². The van der Waals surface area contributed by atoms with Crippen LogP contribution in [0.5, 0.6) is 11.5 Å². The number of benzene rings is 3. The molecule has 0 aromatic heterocycles. The first-order chi connectivity index (χ1) is 19.5. The number of hydrogen-bond donors (Lipinski definition) is 1. The maximum absolute atomic E-state index is 13.4. The van der Waals surface area contributed by atoms with E-state index in [-0.39, 0.29) is 11.3 Å². The fourth-order valence-corrected chi connectivity index (χ4v) is 5.11. The Bertz CT molecular complexity index is 1380. The van der Waals surface area contributed by atoms with Gasteiger partial charge in [0.05, 0.1) is 31.9 Å². The zero-order chi connectivity index (χ0) is 28.1. The smallest absolute Gasteiger partial charge is 0.295 e. The lowest BCUT2D eigenvalue weighted by Crippen LogP contribution is -2.42. The quantitative estimate of drug-likeness (QED) is 0.245.